The Morgan fingerprint density at radius 1 is 0.966 bits per heavy atom. The lowest BCUT2D eigenvalue weighted by atomic mass is 10.2. The minimum Gasteiger partial charge on any atom is -0.305 e. The Bertz CT molecular complexity index is 1060. The molecule has 1 aliphatic heterocycles. The summed E-state index contributed by atoms with van der Waals surface area (Å²) < 4.78 is 6.13. The Kier molecular flexibility index (Phi) is 5.66. The minimum absolute atomic E-state index is 0.177. The molecule has 0 saturated carbocycles. The predicted octanol–water partition coefficient (Wildman–Crippen LogP) is 4.03. The van der Waals surface area contributed by atoms with Crippen LogP contribution in [-0.4, -0.2) is 26.1 Å². The van der Waals surface area contributed by atoms with E-state index in [0.717, 1.165) is 11.1 Å². The SMILES string of the molecule is O=C(NC1=NN=C(c2ccncc2)S1(Cl)OCc1ccccc1)c1cccnc1. The quantitative estimate of drug-likeness (QED) is 0.668. The van der Waals surface area contributed by atoms with Gasteiger partial charge in [0.15, 0.2) is 5.04 Å². The van der Waals surface area contributed by atoms with Gasteiger partial charge in [0, 0.05) is 30.4 Å². The molecule has 1 N–H and O–H groups in total. The molecular weight excluding hydrogens is 410 g/mol. The summed E-state index contributed by atoms with van der Waals surface area (Å²) in [6, 6.07) is 16.5. The van der Waals surface area contributed by atoms with E-state index in [2.05, 4.69) is 25.5 Å². The van der Waals surface area contributed by atoms with Crippen molar-refractivity contribution >= 4 is 36.3 Å². The zero-order chi connectivity index (χ0) is 20.1. The molecule has 0 spiro atoms. The Morgan fingerprint density at radius 3 is 2.48 bits per heavy atom. The number of hydrogen-bond donors (Lipinski definition) is 1. The van der Waals surface area contributed by atoms with E-state index in [4.69, 9.17) is 14.9 Å². The van der Waals surface area contributed by atoms with E-state index in [1.54, 1.807) is 42.9 Å². The molecule has 0 aliphatic carbocycles. The molecule has 1 amide bonds. The number of benzene rings is 1. The Balaban J connectivity index is 1.61. The highest BCUT2D eigenvalue weighted by Gasteiger charge is 2.42. The summed E-state index contributed by atoms with van der Waals surface area (Å²) in [6.45, 7) is 0.242. The molecule has 146 valence electrons. The number of aromatic nitrogens is 2. The van der Waals surface area contributed by atoms with Crippen LogP contribution in [0.5, 0.6) is 0 Å². The molecule has 3 aromatic rings. The summed E-state index contributed by atoms with van der Waals surface area (Å²) in [4.78, 5) is 20.6. The van der Waals surface area contributed by atoms with E-state index in [9.17, 15) is 4.79 Å². The summed E-state index contributed by atoms with van der Waals surface area (Å²) >= 11 is 0. The van der Waals surface area contributed by atoms with Gasteiger partial charge in [-0.2, -0.15) is 0 Å². The molecule has 9 heteroatoms. The molecule has 0 fully saturated rings. The van der Waals surface area contributed by atoms with Crippen LogP contribution in [0.15, 0.2) is 89.6 Å². The first kappa shape index (κ1) is 19.3. The summed E-state index contributed by atoms with van der Waals surface area (Å²) in [5.41, 5.74) is 2.06. The number of carbonyl (C=O) groups is 1. The number of amidine groups is 1. The van der Waals surface area contributed by atoms with Crippen LogP contribution >= 0.6 is 20.2 Å². The number of halogens is 1. The van der Waals surface area contributed by atoms with Gasteiger partial charge in [-0.25, -0.2) is 0 Å². The molecule has 1 aliphatic rings. The second kappa shape index (κ2) is 8.52. The number of nitrogens with zero attached hydrogens (tertiary/aromatic N) is 4. The average Bonchev–Trinajstić information content (AvgIpc) is 3.10. The highest BCUT2D eigenvalue weighted by molar-refractivity contribution is 8.67. The van der Waals surface area contributed by atoms with Crippen LogP contribution in [0.1, 0.15) is 21.5 Å². The fourth-order valence-corrected chi connectivity index (χ4v) is 4.94. The number of pyridine rings is 2. The van der Waals surface area contributed by atoms with E-state index in [0.29, 0.717) is 10.6 Å². The van der Waals surface area contributed by atoms with Gasteiger partial charge in [0.05, 0.1) is 21.7 Å². The van der Waals surface area contributed by atoms with Crippen molar-refractivity contribution in [2.24, 2.45) is 10.2 Å². The van der Waals surface area contributed by atoms with Gasteiger partial charge >= 0.3 is 0 Å². The van der Waals surface area contributed by atoms with Crippen LogP contribution in [0.2, 0.25) is 0 Å². The first-order chi connectivity index (χ1) is 14.2. The first-order valence-corrected chi connectivity index (χ1v) is 11.0. The number of carbonyl (C=O) groups excluding carboxylic acids is 1. The van der Waals surface area contributed by atoms with Gasteiger partial charge in [-0.05, 0) is 40.5 Å². The molecule has 0 saturated heterocycles. The Labute approximate surface area is 173 Å². The third kappa shape index (κ3) is 4.19. The van der Waals surface area contributed by atoms with Crippen molar-refractivity contribution in [1.82, 2.24) is 15.3 Å². The molecule has 2 aromatic heterocycles. The highest BCUT2D eigenvalue weighted by atomic mass is 35.7. The van der Waals surface area contributed by atoms with Crippen molar-refractivity contribution in [1.29, 1.82) is 0 Å². The van der Waals surface area contributed by atoms with Crippen molar-refractivity contribution in [3.63, 3.8) is 0 Å². The normalized spacial score (nSPS) is 20.3. The largest absolute Gasteiger partial charge is 0.305 e. The molecule has 1 aromatic carbocycles. The number of hydrogen-bond acceptors (Lipinski definition) is 6. The molecular formula is C20H16ClN5O2S. The number of amides is 1. The maximum Gasteiger partial charge on any atom is 0.258 e. The maximum atomic E-state index is 12.6. The van der Waals surface area contributed by atoms with E-state index < -0.39 is 9.52 Å². The van der Waals surface area contributed by atoms with Crippen molar-refractivity contribution in [2.75, 3.05) is 0 Å². The number of rotatable bonds is 5. The first-order valence-electron chi connectivity index (χ1n) is 8.65. The zero-order valence-corrected chi connectivity index (χ0v) is 16.7. The van der Waals surface area contributed by atoms with Crippen molar-refractivity contribution in [3.05, 3.63) is 96.1 Å². The minimum atomic E-state index is -2.65. The van der Waals surface area contributed by atoms with E-state index in [-0.39, 0.29) is 17.7 Å². The highest BCUT2D eigenvalue weighted by Crippen LogP contribution is 2.60. The van der Waals surface area contributed by atoms with Crippen LogP contribution < -0.4 is 5.32 Å². The van der Waals surface area contributed by atoms with Gasteiger partial charge in [0.2, 0.25) is 5.17 Å². The predicted molar refractivity (Wildman–Crippen MR) is 115 cm³/mol. The third-order valence-corrected chi connectivity index (χ3v) is 7.11. The van der Waals surface area contributed by atoms with Gasteiger partial charge in [-0.3, -0.25) is 20.1 Å². The zero-order valence-electron chi connectivity index (χ0n) is 15.1. The second-order valence-electron chi connectivity index (χ2n) is 5.98. The van der Waals surface area contributed by atoms with Crippen LogP contribution in [-0.2, 0) is 10.8 Å². The van der Waals surface area contributed by atoms with Crippen LogP contribution in [0, 0.1) is 0 Å². The summed E-state index contributed by atoms with van der Waals surface area (Å²) in [5, 5.41) is 11.7. The monoisotopic (exact) mass is 425 g/mol. The third-order valence-electron chi connectivity index (χ3n) is 4.03. The second-order valence-corrected chi connectivity index (χ2v) is 9.26. The maximum absolute atomic E-state index is 12.6. The molecule has 3 heterocycles. The lowest BCUT2D eigenvalue weighted by molar-refractivity contribution is 0.0977. The molecule has 0 radical (unpaired) electrons. The Hall–Kier alpha value is -3.07. The van der Waals surface area contributed by atoms with Crippen LogP contribution in [0.25, 0.3) is 0 Å². The van der Waals surface area contributed by atoms with E-state index in [1.165, 1.54) is 6.20 Å². The van der Waals surface area contributed by atoms with Gasteiger partial charge in [-0.15, -0.1) is 10.2 Å². The lowest BCUT2D eigenvalue weighted by Crippen LogP contribution is -2.34. The molecule has 29 heavy (non-hydrogen) atoms. The van der Waals surface area contributed by atoms with E-state index in [1.807, 2.05) is 30.3 Å². The van der Waals surface area contributed by atoms with Crippen molar-refractivity contribution in [3.8, 4) is 0 Å². The van der Waals surface area contributed by atoms with Crippen LogP contribution in [0.4, 0.5) is 0 Å². The Morgan fingerprint density at radius 2 is 1.76 bits per heavy atom. The summed E-state index contributed by atoms with van der Waals surface area (Å²) in [7, 11) is 4.32. The smallest absolute Gasteiger partial charge is 0.258 e. The molecule has 4 rings (SSSR count). The average molecular weight is 426 g/mol. The summed E-state index contributed by atoms with van der Waals surface area (Å²) in [6.07, 6.45) is 6.33. The molecule has 1 unspecified atom stereocenters. The fraction of sp³-hybridized carbons (Fsp3) is 0.0500. The molecule has 7 nitrogen and oxygen atoms in total. The van der Waals surface area contributed by atoms with E-state index >= 15 is 0 Å². The van der Waals surface area contributed by atoms with Crippen molar-refractivity contribution < 1.29 is 8.98 Å². The summed E-state index contributed by atoms with van der Waals surface area (Å²) in [5.74, 6) is -0.385. The van der Waals surface area contributed by atoms with Gasteiger partial charge in [0.25, 0.3) is 5.91 Å². The van der Waals surface area contributed by atoms with Crippen LogP contribution in [0.3, 0.4) is 0 Å². The molecule has 0 bridgehead atoms. The lowest BCUT2D eigenvalue weighted by Gasteiger charge is -2.30. The fourth-order valence-electron chi connectivity index (χ4n) is 2.58. The standard InChI is InChI=1S/C20H16ClN5O2S/c21-29(28-14-15-5-2-1-3-6-15)19(16-8-11-22-12-9-16)25-26-20(29)24-18(27)17-7-4-10-23-13-17/h1-13H,14H2,(H,24,26,27). The number of nitrogens with one attached hydrogen (secondary N) is 1. The van der Waals surface area contributed by atoms with Gasteiger partial charge in [-0.1, -0.05) is 30.3 Å². The molecule has 1 atom stereocenters. The van der Waals surface area contributed by atoms with Gasteiger partial charge < -0.3 is 4.18 Å². The van der Waals surface area contributed by atoms with Crippen molar-refractivity contribution in [2.45, 2.75) is 6.61 Å². The topological polar surface area (TPSA) is 88.8 Å². The van der Waals surface area contributed by atoms with Gasteiger partial charge in [0.1, 0.15) is 0 Å².